The fourth-order valence-corrected chi connectivity index (χ4v) is 5.17. The monoisotopic (exact) mass is 461 g/mol. The molecular formula is C24H27N7O3. The molecular weight excluding hydrogens is 434 g/mol. The van der Waals surface area contributed by atoms with Gasteiger partial charge in [-0.3, -0.25) is 0 Å². The molecule has 3 atom stereocenters. The van der Waals surface area contributed by atoms with Gasteiger partial charge in [-0.15, -0.1) is 20.4 Å². The fourth-order valence-electron chi connectivity index (χ4n) is 5.17. The Labute approximate surface area is 197 Å². The molecule has 0 radical (unpaired) electrons. The second-order valence-corrected chi connectivity index (χ2v) is 9.20. The van der Waals surface area contributed by atoms with Crippen molar-refractivity contribution in [2.45, 2.75) is 50.2 Å². The Hall–Kier alpha value is -3.53. The third-order valence-electron chi connectivity index (χ3n) is 6.99. The Morgan fingerprint density at radius 3 is 2.59 bits per heavy atom. The molecule has 2 N–H and O–H groups in total. The summed E-state index contributed by atoms with van der Waals surface area (Å²) in [5.41, 5.74) is 1.78. The predicted octanol–water partition coefficient (Wildman–Crippen LogP) is 2.58. The molecule has 2 aromatic heterocycles. The number of benzene rings is 1. The lowest BCUT2D eigenvalue weighted by atomic mass is 9.83. The highest BCUT2D eigenvalue weighted by Crippen LogP contribution is 2.35. The Balaban J connectivity index is 1.20. The number of phenolic OH excluding ortho intramolecular Hbond substituents is 1. The van der Waals surface area contributed by atoms with Gasteiger partial charge in [-0.05, 0) is 37.8 Å². The summed E-state index contributed by atoms with van der Waals surface area (Å²) in [6.45, 7) is 0.925. The van der Waals surface area contributed by atoms with E-state index in [1.807, 2.05) is 6.07 Å². The fraction of sp³-hybridized carbons (Fsp3) is 0.458. The summed E-state index contributed by atoms with van der Waals surface area (Å²) in [6, 6.07) is 8.59. The number of nitrogens with zero attached hydrogens (tertiary/aromatic N) is 6. The molecule has 0 aliphatic carbocycles. The summed E-state index contributed by atoms with van der Waals surface area (Å²) in [4.78, 5) is 6.70. The molecule has 0 saturated carbocycles. The highest BCUT2D eigenvalue weighted by molar-refractivity contribution is 5.72. The Kier molecular flexibility index (Phi) is 5.37. The summed E-state index contributed by atoms with van der Waals surface area (Å²) >= 11 is 0. The number of aromatic hydroxyl groups is 1. The van der Waals surface area contributed by atoms with Crippen molar-refractivity contribution in [2.24, 2.45) is 0 Å². The number of rotatable bonds is 4. The van der Waals surface area contributed by atoms with Crippen molar-refractivity contribution < 1.29 is 14.6 Å². The first-order chi connectivity index (χ1) is 16.6. The maximum Gasteiger partial charge on any atom is 0.276 e. The molecule has 6 rings (SSSR count). The van der Waals surface area contributed by atoms with Gasteiger partial charge in [0.05, 0.1) is 17.5 Å². The summed E-state index contributed by atoms with van der Waals surface area (Å²) in [7, 11) is 2.07. The van der Waals surface area contributed by atoms with Crippen molar-refractivity contribution in [3.05, 3.63) is 30.5 Å². The van der Waals surface area contributed by atoms with Crippen molar-refractivity contribution in [1.82, 2.24) is 30.7 Å². The van der Waals surface area contributed by atoms with Crippen molar-refractivity contribution in [2.75, 3.05) is 25.2 Å². The lowest BCUT2D eigenvalue weighted by molar-refractivity contribution is 0.162. The normalized spacial score (nSPS) is 23.4. The average molecular weight is 462 g/mol. The van der Waals surface area contributed by atoms with Gasteiger partial charge in [-0.2, -0.15) is 0 Å². The molecule has 10 heteroatoms. The maximum atomic E-state index is 10.7. The van der Waals surface area contributed by atoms with Crippen molar-refractivity contribution in [3.63, 3.8) is 0 Å². The van der Waals surface area contributed by atoms with Crippen LogP contribution in [0.1, 0.15) is 32.1 Å². The minimum atomic E-state index is 0.0447. The van der Waals surface area contributed by atoms with Crippen LogP contribution in [0.15, 0.2) is 30.5 Å². The van der Waals surface area contributed by atoms with Crippen LogP contribution in [0, 0.1) is 0 Å². The Morgan fingerprint density at radius 2 is 1.82 bits per heavy atom. The molecule has 2 saturated heterocycles. The molecule has 3 aliphatic rings. The number of hydrogen-bond donors (Lipinski definition) is 2. The van der Waals surface area contributed by atoms with Gasteiger partial charge in [0, 0.05) is 36.8 Å². The Bertz CT molecular complexity index is 1180. The summed E-state index contributed by atoms with van der Waals surface area (Å²) in [5.74, 6) is 2.09. The van der Waals surface area contributed by atoms with Crippen LogP contribution < -0.4 is 19.7 Å². The van der Waals surface area contributed by atoms with E-state index in [9.17, 15) is 5.11 Å². The van der Waals surface area contributed by atoms with E-state index in [2.05, 4.69) is 42.6 Å². The van der Waals surface area contributed by atoms with Crippen molar-refractivity contribution in [1.29, 1.82) is 0 Å². The van der Waals surface area contributed by atoms with Gasteiger partial charge in [0.1, 0.15) is 19.0 Å². The van der Waals surface area contributed by atoms with Gasteiger partial charge in [-0.1, -0.05) is 12.5 Å². The molecule has 0 spiro atoms. The SMILES string of the molecule is CN(c1cnc(-c2ccc(-c3cc4c(nn3)OCCO4)cc2O)nn1)C1C[C@H]2CCC[C@@H](C1)N2. The number of nitrogens with one attached hydrogen (secondary N) is 1. The molecule has 3 aromatic rings. The lowest BCUT2D eigenvalue weighted by Gasteiger charge is -2.43. The lowest BCUT2D eigenvalue weighted by Crippen LogP contribution is -2.54. The van der Waals surface area contributed by atoms with Crippen molar-refractivity contribution >= 4 is 5.82 Å². The summed E-state index contributed by atoms with van der Waals surface area (Å²) in [6.07, 6.45) is 7.77. The van der Waals surface area contributed by atoms with E-state index < -0.39 is 0 Å². The quantitative estimate of drug-likeness (QED) is 0.600. The number of fused-ring (bicyclic) bond motifs is 3. The van der Waals surface area contributed by atoms with E-state index in [1.165, 1.54) is 19.3 Å². The number of phenols is 1. The maximum absolute atomic E-state index is 10.7. The van der Waals surface area contributed by atoms with Gasteiger partial charge < -0.3 is 24.8 Å². The van der Waals surface area contributed by atoms with E-state index >= 15 is 0 Å². The minimum absolute atomic E-state index is 0.0447. The largest absolute Gasteiger partial charge is 0.507 e. The Morgan fingerprint density at radius 1 is 1.00 bits per heavy atom. The van der Waals surface area contributed by atoms with Crippen LogP contribution in [-0.4, -0.2) is 68.9 Å². The molecule has 176 valence electrons. The van der Waals surface area contributed by atoms with Crippen LogP contribution in [0.2, 0.25) is 0 Å². The highest BCUT2D eigenvalue weighted by Gasteiger charge is 2.33. The van der Waals surface area contributed by atoms with Gasteiger partial charge in [0.25, 0.3) is 5.88 Å². The summed E-state index contributed by atoms with van der Waals surface area (Å²) < 4.78 is 11.0. The van der Waals surface area contributed by atoms with E-state index in [1.54, 1.807) is 24.4 Å². The number of anilines is 1. The van der Waals surface area contributed by atoms with E-state index in [4.69, 9.17) is 9.47 Å². The number of ether oxygens (including phenoxy) is 2. The zero-order valence-corrected chi connectivity index (χ0v) is 19.0. The molecule has 2 bridgehead atoms. The third kappa shape index (κ3) is 3.98. The first-order valence-electron chi connectivity index (χ1n) is 11.8. The van der Waals surface area contributed by atoms with Crippen LogP contribution in [0.25, 0.3) is 22.6 Å². The van der Waals surface area contributed by atoms with E-state index in [0.29, 0.717) is 65.6 Å². The zero-order chi connectivity index (χ0) is 23.1. The van der Waals surface area contributed by atoms with Gasteiger partial charge in [0.15, 0.2) is 17.4 Å². The van der Waals surface area contributed by atoms with E-state index in [-0.39, 0.29) is 5.75 Å². The first-order valence-corrected chi connectivity index (χ1v) is 11.8. The predicted molar refractivity (Wildman–Crippen MR) is 125 cm³/mol. The molecule has 5 heterocycles. The second kappa shape index (κ2) is 8.68. The topological polar surface area (TPSA) is 118 Å². The average Bonchev–Trinajstić information content (AvgIpc) is 2.88. The number of piperidine rings is 2. The van der Waals surface area contributed by atoms with Crippen LogP contribution in [0.5, 0.6) is 17.4 Å². The number of aromatic nitrogens is 5. The minimum Gasteiger partial charge on any atom is -0.507 e. The van der Waals surface area contributed by atoms with Crippen LogP contribution in [0.4, 0.5) is 5.82 Å². The van der Waals surface area contributed by atoms with Crippen LogP contribution in [-0.2, 0) is 0 Å². The molecule has 2 fully saturated rings. The van der Waals surface area contributed by atoms with Crippen LogP contribution >= 0.6 is 0 Å². The number of hydrogen-bond acceptors (Lipinski definition) is 10. The highest BCUT2D eigenvalue weighted by atomic mass is 16.6. The molecule has 0 amide bonds. The third-order valence-corrected chi connectivity index (χ3v) is 6.99. The van der Waals surface area contributed by atoms with Gasteiger partial charge >= 0.3 is 0 Å². The van der Waals surface area contributed by atoms with Crippen LogP contribution in [0.3, 0.4) is 0 Å². The molecule has 1 aromatic carbocycles. The van der Waals surface area contributed by atoms with E-state index in [0.717, 1.165) is 18.7 Å². The molecule has 1 unspecified atom stereocenters. The molecule has 3 aliphatic heterocycles. The summed E-state index contributed by atoms with van der Waals surface area (Å²) in [5, 5.41) is 31.4. The second-order valence-electron chi connectivity index (χ2n) is 9.20. The first kappa shape index (κ1) is 21.0. The van der Waals surface area contributed by atoms with Gasteiger partial charge in [0.2, 0.25) is 0 Å². The zero-order valence-electron chi connectivity index (χ0n) is 19.0. The van der Waals surface area contributed by atoms with Gasteiger partial charge in [-0.25, -0.2) is 4.98 Å². The molecule has 34 heavy (non-hydrogen) atoms. The standard InChI is InChI=1S/C24H27N7O3/c1-31(17-10-15-3-2-4-16(11-17)26-15)22-13-25-23(29-28-22)18-6-5-14(9-20(18)32)19-12-21-24(30-27-19)34-8-7-33-21/h5-6,9,12-13,15-17,26,32H,2-4,7-8,10-11H2,1H3/t15-,16+,17?. The smallest absolute Gasteiger partial charge is 0.276 e. The molecule has 10 nitrogen and oxygen atoms in total. The van der Waals surface area contributed by atoms with Crippen molar-refractivity contribution in [3.8, 4) is 40.0 Å².